The standard InChI is InChI=1S/C21H23NO/c1-4-17(5-2)22-15(3)20(18-13-9-10-14-19(18)22)21(23)16-11-7-6-8-12-16/h6-14,17H,4-5H2,1-3H3. The molecule has 0 aliphatic rings. The predicted octanol–water partition coefficient (Wildman–Crippen LogP) is 5.54. The maximum absolute atomic E-state index is 13.1. The van der Waals surface area contributed by atoms with Gasteiger partial charge < -0.3 is 4.57 Å². The summed E-state index contributed by atoms with van der Waals surface area (Å²) in [7, 11) is 0. The first kappa shape index (κ1) is 15.5. The van der Waals surface area contributed by atoms with Crippen molar-refractivity contribution >= 4 is 16.7 Å². The SMILES string of the molecule is CCC(CC)n1c(C)c(C(=O)c2ccccc2)c2ccccc21. The number of carbonyl (C=O) groups is 1. The van der Waals surface area contributed by atoms with E-state index in [4.69, 9.17) is 0 Å². The van der Waals surface area contributed by atoms with Gasteiger partial charge in [0.05, 0.1) is 5.56 Å². The zero-order valence-corrected chi connectivity index (χ0v) is 14.0. The molecule has 23 heavy (non-hydrogen) atoms. The largest absolute Gasteiger partial charge is 0.341 e. The average Bonchev–Trinajstić information content (AvgIpc) is 2.89. The Morgan fingerprint density at radius 1 is 0.957 bits per heavy atom. The molecule has 2 aromatic carbocycles. The smallest absolute Gasteiger partial charge is 0.195 e. The van der Waals surface area contributed by atoms with Gasteiger partial charge in [-0.2, -0.15) is 0 Å². The number of fused-ring (bicyclic) bond motifs is 1. The van der Waals surface area contributed by atoms with Crippen LogP contribution in [0.4, 0.5) is 0 Å². The second kappa shape index (κ2) is 6.41. The number of aromatic nitrogens is 1. The summed E-state index contributed by atoms with van der Waals surface area (Å²) in [4.78, 5) is 13.1. The molecule has 2 nitrogen and oxygen atoms in total. The summed E-state index contributed by atoms with van der Waals surface area (Å²) in [6.07, 6.45) is 2.13. The highest BCUT2D eigenvalue weighted by molar-refractivity contribution is 6.17. The molecule has 118 valence electrons. The molecule has 1 heterocycles. The molecular weight excluding hydrogens is 282 g/mol. The van der Waals surface area contributed by atoms with Crippen LogP contribution in [0, 0.1) is 6.92 Å². The molecule has 0 N–H and O–H groups in total. The van der Waals surface area contributed by atoms with E-state index in [9.17, 15) is 4.79 Å². The Hall–Kier alpha value is -2.35. The highest BCUT2D eigenvalue weighted by Gasteiger charge is 2.23. The van der Waals surface area contributed by atoms with Crippen LogP contribution in [0.5, 0.6) is 0 Å². The van der Waals surface area contributed by atoms with E-state index < -0.39 is 0 Å². The number of nitrogens with zero attached hydrogens (tertiary/aromatic N) is 1. The highest BCUT2D eigenvalue weighted by Crippen LogP contribution is 2.32. The van der Waals surface area contributed by atoms with Gasteiger partial charge in [0.15, 0.2) is 5.78 Å². The maximum Gasteiger partial charge on any atom is 0.195 e. The lowest BCUT2D eigenvalue weighted by Crippen LogP contribution is -2.10. The zero-order valence-electron chi connectivity index (χ0n) is 14.0. The Balaban J connectivity index is 2.26. The van der Waals surface area contributed by atoms with E-state index in [-0.39, 0.29) is 5.78 Å². The molecule has 0 radical (unpaired) electrons. The molecule has 0 bridgehead atoms. The Labute approximate surface area is 137 Å². The Bertz CT molecular complexity index is 826. The Morgan fingerprint density at radius 3 is 2.22 bits per heavy atom. The Kier molecular flexibility index (Phi) is 4.33. The van der Waals surface area contributed by atoms with Crippen LogP contribution in [0.15, 0.2) is 54.6 Å². The van der Waals surface area contributed by atoms with Crippen LogP contribution in [0.2, 0.25) is 0 Å². The van der Waals surface area contributed by atoms with Gasteiger partial charge in [0.25, 0.3) is 0 Å². The van der Waals surface area contributed by atoms with Gasteiger partial charge in [0, 0.05) is 28.2 Å². The molecule has 0 fully saturated rings. The van der Waals surface area contributed by atoms with Crippen molar-refractivity contribution in [2.75, 3.05) is 0 Å². The topological polar surface area (TPSA) is 22.0 Å². The quantitative estimate of drug-likeness (QED) is 0.567. The molecule has 1 aromatic heterocycles. The molecule has 0 saturated carbocycles. The van der Waals surface area contributed by atoms with E-state index in [0.29, 0.717) is 6.04 Å². The van der Waals surface area contributed by atoms with Gasteiger partial charge in [-0.05, 0) is 25.8 Å². The summed E-state index contributed by atoms with van der Waals surface area (Å²) in [5.41, 5.74) is 3.84. The van der Waals surface area contributed by atoms with Gasteiger partial charge in [-0.15, -0.1) is 0 Å². The lowest BCUT2D eigenvalue weighted by atomic mass is 10.0. The molecule has 3 rings (SSSR count). The van der Waals surface area contributed by atoms with Crippen molar-refractivity contribution in [2.45, 2.75) is 39.7 Å². The zero-order chi connectivity index (χ0) is 16.4. The van der Waals surface area contributed by atoms with Crippen molar-refractivity contribution in [2.24, 2.45) is 0 Å². The molecular formula is C21H23NO. The molecule has 0 saturated heterocycles. The van der Waals surface area contributed by atoms with Crippen molar-refractivity contribution in [3.05, 3.63) is 71.4 Å². The second-order valence-corrected chi connectivity index (χ2v) is 6.01. The molecule has 0 amide bonds. The van der Waals surface area contributed by atoms with Crippen molar-refractivity contribution < 1.29 is 4.79 Å². The minimum Gasteiger partial charge on any atom is -0.341 e. The lowest BCUT2D eigenvalue weighted by molar-refractivity contribution is 0.103. The summed E-state index contributed by atoms with van der Waals surface area (Å²) in [5.74, 6) is 0.115. The van der Waals surface area contributed by atoms with Gasteiger partial charge in [0.1, 0.15) is 0 Å². The van der Waals surface area contributed by atoms with E-state index in [1.54, 1.807) is 0 Å². The van der Waals surface area contributed by atoms with E-state index in [0.717, 1.165) is 40.6 Å². The number of hydrogen-bond donors (Lipinski definition) is 0. The van der Waals surface area contributed by atoms with Crippen molar-refractivity contribution in [1.29, 1.82) is 0 Å². The third kappa shape index (κ3) is 2.59. The van der Waals surface area contributed by atoms with Gasteiger partial charge in [-0.25, -0.2) is 0 Å². The number of benzene rings is 2. The predicted molar refractivity (Wildman–Crippen MR) is 96.2 cm³/mol. The summed E-state index contributed by atoms with van der Waals surface area (Å²) < 4.78 is 2.35. The fourth-order valence-electron chi connectivity index (χ4n) is 3.54. The molecule has 0 aliphatic heterocycles. The van der Waals surface area contributed by atoms with Crippen LogP contribution in [0.25, 0.3) is 10.9 Å². The fraction of sp³-hybridized carbons (Fsp3) is 0.286. The van der Waals surface area contributed by atoms with Crippen LogP contribution in [0.3, 0.4) is 0 Å². The summed E-state index contributed by atoms with van der Waals surface area (Å²) in [6.45, 7) is 6.50. The minimum absolute atomic E-state index is 0.115. The molecule has 3 aromatic rings. The highest BCUT2D eigenvalue weighted by atomic mass is 16.1. The van der Waals surface area contributed by atoms with Crippen LogP contribution in [-0.2, 0) is 0 Å². The Morgan fingerprint density at radius 2 is 1.57 bits per heavy atom. The summed E-state index contributed by atoms with van der Waals surface area (Å²) in [5, 5.41) is 1.06. The third-order valence-corrected chi connectivity index (χ3v) is 4.73. The fourth-order valence-corrected chi connectivity index (χ4v) is 3.54. The van der Waals surface area contributed by atoms with Gasteiger partial charge in [-0.3, -0.25) is 4.79 Å². The second-order valence-electron chi connectivity index (χ2n) is 6.01. The summed E-state index contributed by atoms with van der Waals surface area (Å²) >= 11 is 0. The lowest BCUT2D eigenvalue weighted by Gasteiger charge is -2.19. The molecule has 2 heteroatoms. The first-order valence-electron chi connectivity index (χ1n) is 8.38. The first-order valence-corrected chi connectivity index (χ1v) is 8.38. The van der Waals surface area contributed by atoms with Gasteiger partial charge in [-0.1, -0.05) is 62.4 Å². The van der Waals surface area contributed by atoms with Crippen LogP contribution >= 0.6 is 0 Å². The van der Waals surface area contributed by atoms with Crippen molar-refractivity contribution in [3.8, 4) is 0 Å². The van der Waals surface area contributed by atoms with E-state index in [1.807, 2.05) is 36.4 Å². The number of rotatable bonds is 5. The van der Waals surface area contributed by atoms with Crippen LogP contribution in [0.1, 0.15) is 54.3 Å². The number of hydrogen-bond acceptors (Lipinski definition) is 1. The first-order chi connectivity index (χ1) is 11.2. The van der Waals surface area contributed by atoms with E-state index in [2.05, 4.69) is 43.5 Å². The number of carbonyl (C=O) groups excluding carboxylic acids is 1. The number of ketones is 1. The molecule has 0 aliphatic carbocycles. The number of para-hydroxylation sites is 1. The molecule has 0 spiro atoms. The van der Waals surface area contributed by atoms with E-state index >= 15 is 0 Å². The average molecular weight is 305 g/mol. The van der Waals surface area contributed by atoms with Gasteiger partial charge >= 0.3 is 0 Å². The third-order valence-electron chi connectivity index (χ3n) is 4.73. The normalized spacial score (nSPS) is 11.3. The van der Waals surface area contributed by atoms with Crippen LogP contribution in [-0.4, -0.2) is 10.4 Å². The van der Waals surface area contributed by atoms with Gasteiger partial charge in [0.2, 0.25) is 0 Å². The minimum atomic E-state index is 0.115. The van der Waals surface area contributed by atoms with Crippen molar-refractivity contribution in [3.63, 3.8) is 0 Å². The van der Waals surface area contributed by atoms with Crippen molar-refractivity contribution in [1.82, 2.24) is 4.57 Å². The molecule has 0 unspecified atom stereocenters. The molecule has 0 atom stereocenters. The van der Waals surface area contributed by atoms with Crippen LogP contribution < -0.4 is 0 Å². The monoisotopic (exact) mass is 305 g/mol. The maximum atomic E-state index is 13.1. The summed E-state index contributed by atoms with van der Waals surface area (Å²) in [6, 6.07) is 18.3. The van der Waals surface area contributed by atoms with E-state index in [1.165, 1.54) is 0 Å².